The number of rotatable bonds is 8. The number of benzene rings is 1. The topological polar surface area (TPSA) is 38.1 Å². The van der Waals surface area contributed by atoms with Gasteiger partial charge in [0, 0.05) is 31.9 Å². The number of imidazole rings is 1. The van der Waals surface area contributed by atoms with Crippen molar-refractivity contribution in [2.24, 2.45) is 11.8 Å². The normalized spacial score (nSPS) is 11.4. The first-order valence-electron chi connectivity index (χ1n) is 8.98. The van der Waals surface area contributed by atoms with Gasteiger partial charge in [0.2, 0.25) is 5.91 Å². The van der Waals surface area contributed by atoms with Gasteiger partial charge in [-0.15, -0.1) is 0 Å². The fourth-order valence-electron chi connectivity index (χ4n) is 2.81. The van der Waals surface area contributed by atoms with Crippen LogP contribution in [-0.4, -0.2) is 26.9 Å². The van der Waals surface area contributed by atoms with Crippen LogP contribution in [0.5, 0.6) is 0 Å². The zero-order valence-corrected chi connectivity index (χ0v) is 17.4. The van der Waals surface area contributed by atoms with Crippen molar-refractivity contribution in [3.05, 3.63) is 52.0 Å². The number of carbonyl (C=O) groups excluding carboxylic acids is 1. The molecule has 142 valence electrons. The quantitative estimate of drug-likeness (QED) is 0.610. The van der Waals surface area contributed by atoms with E-state index >= 15 is 0 Å². The van der Waals surface area contributed by atoms with Gasteiger partial charge in [-0.05, 0) is 29.5 Å². The van der Waals surface area contributed by atoms with E-state index in [4.69, 9.17) is 23.2 Å². The predicted octanol–water partition coefficient (Wildman–Crippen LogP) is 5.27. The van der Waals surface area contributed by atoms with Crippen molar-refractivity contribution in [2.75, 3.05) is 6.54 Å². The second-order valence-electron chi connectivity index (χ2n) is 7.49. The molecule has 0 radical (unpaired) electrons. The summed E-state index contributed by atoms with van der Waals surface area (Å²) < 4.78 is 2.05. The highest BCUT2D eigenvalue weighted by Gasteiger charge is 2.19. The molecule has 1 aromatic heterocycles. The van der Waals surface area contributed by atoms with E-state index < -0.39 is 0 Å². The van der Waals surface area contributed by atoms with Crippen molar-refractivity contribution in [1.82, 2.24) is 14.5 Å². The van der Waals surface area contributed by atoms with E-state index in [1.807, 2.05) is 23.2 Å². The number of hydrogen-bond acceptors (Lipinski definition) is 2. The molecule has 0 atom stereocenters. The number of carbonyl (C=O) groups is 1. The van der Waals surface area contributed by atoms with Gasteiger partial charge in [-0.25, -0.2) is 4.98 Å². The van der Waals surface area contributed by atoms with Crippen LogP contribution in [0.15, 0.2) is 30.6 Å². The van der Waals surface area contributed by atoms with E-state index in [2.05, 4.69) is 37.2 Å². The van der Waals surface area contributed by atoms with Crippen LogP contribution in [0.2, 0.25) is 10.0 Å². The molecule has 4 nitrogen and oxygen atoms in total. The van der Waals surface area contributed by atoms with E-state index in [0.717, 1.165) is 17.9 Å². The highest BCUT2D eigenvalue weighted by molar-refractivity contribution is 6.42. The Hall–Kier alpha value is -1.52. The van der Waals surface area contributed by atoms with E-state index in [-0.39, 0.29) is 5.91 Å². The van der Waals surface area contributed by atoms with Gasteiger partial charge < -0.3 is 9.47 Å². The summed E-state index contributed by atoms with van der Waals surface area (Å²) in [5.41, 5.74) is 1.04. The van der Waals surface area contributed by atoms with Crippen molar-refractivity contribution in [3.63, 3.8) is 0 Å². The largest absolute Gasteiger partial charge is 0.335 e. The average Bonchev–Trinajstić information content (AvgIpc) is 2.96. The van der Waals surface area contributed by atoms with Crippen LogP contribution >= 0.6 is 23.2 Å². The van der Waals surface area contributed by atoms with E-state index in [0.29, 0.717) is 41.4 Å². The Labute approximate surface area is 166 Å². The van der Waals surface area contributed by atoms with E-state index in [9.17, 15) is 4.79 Å². The maximum atomic E-state index is 12.6. The Morgan fingerprint density at radius 1 is 1.15 bits per heavy atom. The van der Waals surface area contributed by atoms with Gasteiger partial charge in [0.15, 0.2) is 0 Å². The zero-order chi connectivity index (χ0) is 19.3. The molecule has 0 spiro atoms. The van der Waals surface area contributed by atoms with Gasteiger partial charge in [0.05, 0.1) is 16.6 Å². The van der Waals surface area contributed by atoms with E-state index in [1.165, 1.54) is 0 Å². The van der Waals surface area contributed by atoms with Crippen molar-refractivity contribution in [2.45, 2.75) is 47.2 Å². The third-order valence-electron chi connectivity index (χ3n) is 3.99. The molecule has 0 fully saturated rings. The summed E-state index contributed by atoms with van der Waals surface area (Å²) in [5, 5.41) is 1.09. The summed E-state index contributed by atoms with van der Waals surface area (Å²) in [4.78, 5) is 19.0. The summed E-state index contributed by atoms with van der Waals surface area (Å²) in [6.45, 7) is 10.3. The summed E-state index contributed by atoms with van der Waals surface area (Å²) in [6, 6.07) is 5.62. The number of nitrogens with zero attached hydrogens (tertiary/aromatic N) is 3. The molecule has 0 aliphatic heterocycles. The fourth-order valence-corrected chi connectivity index (χ4v) is 3.14. The Bertz CT molecular complexity index is 740. The Morgan fingerprint density at radius 2 is 1.88 bits per heavy atom. The lowest BCUT2D eigenvalue weighted by Crippen LogP contribution is -2.35. The van der Waals surface area contributed by atoms with Crippen molar-refractivity contribution >= 4 is 29.1 Å². The molecule has 0 saturated heterocycles. The minimum atomic E-state index is 0.179. The second kappa shape index (κ2) is 9.43. The molecule has 0 unspecified atom stereocenters. The van der Waals surface area contributed by atoms with Gasteiger partial charge in [0.1, 0.15) is 5.82 Å². The molecular formula is C20H27Cl2N3O. The number of amides is 1. The first kappa shape index (κ1) is 20.8. The number of aromatic nitrogens is 2. The van der Waals surface area contributed by atoms with Gasteiger partial charge in [-0.1, -0.05) is 57.0 Å². The van der Waals surface area contributed by atoms with Crippen LogP contribution in [0.3, 0.4) is 0 Å². The van der Waals surface area contributed by atoms with Gasteiger partial charge >= 0.3 is 0 Å². The lowest BCUT2D eigenvalue weighted by molar-refractivity contribution is -0.133. The fraction of sp³-hybridized carbons (Fsp3) is 0.500. The molecular weight excluding hydrogens is 369 g/mol. The standard InChI is InChI=1S/C20H27Cl2N3O/c1-14(2)9-20(26)25(11-15(3)4)13-19-23-7-8-24(19)12-16-5-6-17(21)18(22)10-16/h5-8,10,14-15H,9,11-13H2,1-4H3. The molecule has 0 N–H and O–H groups in total. The summed E-state index contributed by atoms with van der Waals surface area (Å²) >= 11 is 12.1. The monoisotopic (exact) mass is 395 g/mol. The molecule has 2 aromatic rings. The Morgan fingerprint density at radius 3 is 2.50 bits per heavy atom. The molecule has 1 aromatic carbocycles. The lowest BCUT2D eigenvalue weighted by atomic mass is 10.1. The Balaban J connectivity index is 2.15. The SMILES string of the molecule is CC(C)CC(=O)N(Cc1nccn1Cc1ccc(Cl)c(Cl)c1)CC(C)C. The third kappa shape index (κ3) is 6.03. The van der Waals surface area contributed by atoms with Gasteiger partial charge in [-0.2, -0.15) is 0 Å². The maximum absolute atomic E-state index is 12.6. The van der Waals surface area contributed by atoms with E-state index in [1.54, 1.807) is 12.3 Å². The predicted molar refractivity (Wildman–Crippen MR) is 108 cm³/mol. The van der Waals surface area contributed by atoms with Crippen LogP contribution in [0.25, 0.3) is 0 Å². The van der Waals surface area contributed by atoms with Crippen LogP contribution in [0.4, 0.5) is 0 Å². The molecule has 1 amide bonds. The van der Waals surface area contributed by atoms with Crippen LogP contribution in [0, 0.1) is 11.8 Å². The number of hydrogen-bond donors (Lipinski definition) is 0. The first-order valence-corrected chi connectivity index (χ1v) is 9.73. The molecule has 26 heavy (non-hydrogen) atoms. The number of halogens is 2. The van der Waals surface area contributed by atoms with Crippen LogP contribution in [-0.2, 0) is 17.9 Å². The summed E-state index contributed by atoms with van der Waals surface area (Å²) in [6.07, 6.45) is 4.26. The molecule has 2 rings (SSSR count). The molecule has 0 bridgehead atoms. The molecule has 0 saturated carbocycles. The summed E-state index contributed by atoms with van der Waals surface area (Å²) in [7, 11) is 0. The lowest BCUT2D eigenvalue weighted by Gasteiger charge is -2.25. The first-order chi connectivity index (χ1) is 12.3. The molecule has 0 aliphatic carbocycles. The third-order valence-corrected chi connectivity index (χ3v) is 4.73. The zero-order valence-electron chi connectivity index (χ0n) is 15.9. The second-order valence-corrected chi connectivity index (χ2v) is 8.30. The highest BCUT2D eigenvalue weighted by atomic mass is 35.5. The molecule has 6 heteroatoms. The van der Waals surface area contributed by atoms with Crippen molar-refractivity contribution < 1.29 is 4.79 Å². The smallest absolute Gasteiger partial charge is 0.223 e. The minimum Gasteiger partial charge on any atom is -0.335 e. The maximum Gasteiger partial charge on any atom is 0.223 e. The summed E-state index contributed by atoms with van der Waals surface area (Å²) in [5.74, 6) is 1.80. The van der Waals surface area contributed by atoms with Crippen molar-refractivity contribution in [3.8, 4) is 0 Å². The van der Waals surface area contributed by atoms with Crippen molar-refractivity contribution in [1.29, 1.82) is 0 Å². The minimum absolute atomic E-state index is 0.179. The average molecular weight is 396 g/mol. The van der Waals surface area contributed by atoms with Crippen LogP contribution in [0.1, 0.15) is 45.5 Å². The Kier molecular flexibility index (Phi) is 7.54. The molecule has 1 heterocycles. The van der Waals surface area contributed by atoms with Gasteiger partial charge in [0.25, 0.3) is 0 Å². The molecule has 0 aliphatic rings. The van der Waals surface area contributed by atoms with Gasteiger partial charge in [-0.3, -0.25) is 4.79 Å². The van der Waals surface area contributed by atoms with Crippen LogP contribution < -0.4 is 0 Å². The highest BCUT2D eigenvalue weighted by Crippen LogP contribution is 2.23.